The van der Waals surface area contributed by atoms with Crippen molar-refractivity contribution in [1.82, 2.24) is 0 Å². The number of hydrogen-bond acceptors (Lipinski definition) is 3. The molecule has 0 fully saturated rings. The lowest BCUT2D eigenvalue weighted by Crippen LogP contribution is -2.15. The lowest BCUT2D eigenvalue weighted by atomic mass is 10.2. The van der Waals surface area contributed by atoms with Crippen LogP contribution in [0.1, 0.15) is 6.92 Å². The van der Waals surface area contributed by atoms with Gasteiger partial charge in [-0.3, -0.25) is 0 Å². The fourth-order valence-corrected chi connectivity index (χ4v) is 0.545. The molecule has 0 aliphatic rings. The quantitative estimate of drug-likeness (QED) is 0.225. The number of carbonyl (C=O) groups excluding carboxylic acids is 1. The van der Waals surface area contributed by atoms with Crippen LogP contribution in [-0.2, 0) is 9.53 Å². The lowest BCUT2D eigenvalue weighted by Gasteiger charge is -2.07. The normalized spacial score (nSPS) is 13.3. The Labute approximate surface area is 71.7 Å². The monoisotopic (exact) mass is 168 g/mol. The average molecular weight is 168 g/mol. The van der Waals surface area contributed by atoms with E-state index in [4.69, 9.17) is 5.11 Å². The minimum atomic E-state index is -1.26. The van der Waals surface area contributed by atoms with E-state index in [-0.39, 0.29) is 0 Å². The first kappa shape index (κ1) is 10.7. The summed E-state index contributed by atoms with van der Waals surface area (Å²) in [6.45, 7) is 8.34. The summed E-state index contributed by atoms with van der Waals surface area (Å²) in [5.41, 5.74) is 0.316. The topological polar surface area (TPSA) is 46.5 Å². The van der Waals surface area contributed by atoms with Gasteiger partial charge in [0, 0.05) is 0 Å². The number of esters is 1. The summed E-state index contributed by atoms with van der Waals surface area (Å²) >= 11 is 0. The molecule has 1 atom stereocenters. The Balaban J connectivity index is 4.20. The Morgan fingerprint density at radius 1 is 1.58 bits per heavy atom. The maximum atomic E-state index is 11.0. The molecular weight excluding hydrogens is 156 g/mol. The van der Waals surface area contributed by atoms with Crippen molar-refractivity contribution in [3.63, 3.8) is 0 Å². The van der Waals surface area contributed by atoms with Crippen molar-refractivity contribution < 1.29 is 14.6 Å². The highest BCUT2D eigenvalue weighted by Gasteiger charge is 2.09. The largest absolute Gasteiger partial charge is 0.429 e. The Morgan fingerprint density at radius 3 is 2.50 bits per heavy atom. The van der Waals surface area contributed by atoms with Crippen molar-refractivity contribution in [2.24, 2.45) is 0 Å². The van der Waals surface area contributed by atoms with Gasteiger partial charge in [0.15, 0.2) is 0 Å². The van der Waals surface area contributed by atoms with Gasteiger partial charge in [-0.05, 0) is 13.0 Å². The Bertz CT molecular complexity index is 216. The van der Waals surface area contributed by atoms with Crippen molar-refractivity contribution in [2.75, 3.05) is 0 Å². The van der Waals surface area contributed by atoms with Crippen LogP contribution in [0.15, 0.2) is 37.0 Å². The zero-order valence-corrected chi connectivity index (χ0v) is 6.99. The van der Waals surface area contributed by atoms with Gasteiger partial charge in [0.2, 0.25) is 6.29 Å². The molecule has 0 bridgehead atoms. The van der Waals surface area contributed by atoms with Gasteiger partial charge in [-0.25, -0.2) is 4.79 Å². The standard InChI is InChI=1S/C9H12O3/c1-4-7(5-2)9(11)12-8(10)6-3/h4-6,8,10H,1,3H2,2H3/b7-5+. The first-order valence-corrected chi connectivity index (χ1v) is 3.46. The minimum Gasteiger partial charge on any atom is -0.429 e. The minimum absolute atomic E-state index is 0.316. The Hall–Kier alpha value is -1.35. The van der Waals surface area contributed by atoms with E-state index in [1.807, 2.05) is 0 Å². The van der Waals surface area contributed by atoms with Gasteiger partial charge in [-0.15, -0.1) is 0 Å². The maximum Gasteiger partial charge on any atom is 0.340 e. The number of aliphatic hydroxyl groups is 1. The Morgan fingerprint density at radius 2 is 2.17 bits per heavy atom. The molecule has 0 rings (SSSR count). The third-order valence-corrected chi connectivity index (χ3v) is 1.20. The number of rotatable bonds is 4. The van der Waals surface area contributed by atoms with E-state index in [1.54, 1.807) is 13.0 Å². The van der Waals surface area contributed by atoms with Gasteiger partial charge in [-0.1, -0.05) is 25.3 Å². The SMILES string of the molecule is C=C/C(=C\C)C(=O)OC(O)C=C. The van der Waals surface area contributed by atoms with Crippen LogP contribution in [0.3, 0.4) is 0 Å². The highest BCUT2D eigenvalue weighted by atomic mass is 16.6. The van der Waals surface area contributed by atoms with E-state index in [1.165, 1.54) is 6.08 Å². The summed E-state index contributed by atoms with van der Waals surface area (Å²) in [6, 6.07) is 0. The van der Waals surface area contributed by atoms with Gasteiger partial charge in [-0.2, -0.15) is 0 Å². The highest BCUT2D eigenvalue weighted by Crippen LogP contribution is 2.01. The van der Waals surface area contributed by atoms with Crippen molar-refractivity contribution in [1.29, 1.82) is 0 Å². The van der Waals surface area contributed by atoms with Crippen LogP contribution in [0.25, 0.3) is 0 Å². The zero-order valence-electron chi connectivity index (χ0n) is 6.99. The van der Waals surface area contributed by atoms with Crippen molar-refractivity contribution >= 4 is 5.97 Å². The van der Waals surface area contributed by atoms with E-state index < -0.39 is 12.3 Å². The molecule has 0 aromatic carbocycles. The number of allylic oxidation sites excluding steroid dienone is 1. The van der Waals surface area contributed by atoms with Crippen molar-refractivity contribution in [2.45, 2.75) is 13.2 Å². The molecule has 0 heterocycles. The lowest BCUT2D eigenvalue weighted by molar-refractivity contribution is -0.155. The van der Waals surface area contributed by atoms with E-state index in [2.05, 4.69) is 17.9 Å². The van der Waals surface area contributed by atoms with Gasteiger partial charge in [0.1, 0.15) is 0 Å². The molecule has 0 aromatic heterocycles. The highest BCUT2D eigenvalue weighted by molar-refractivity contribution is 5.91. The molecule has 0 radical (unpaired) electrons. The molecule has 12 heavy (non-hydrogen) atoms. The second kappa shape index (κ2) is 5.32. The summed E-state index contributed by atoms with van der Waals surface area (Å²) in [7, 11) is 0. The maximum absolute atomic E-state index is 11.0. The molecule has 0 amide bonds. The van der Waals surface area contributed by atoms with E-state index in [9.17, 15) is 4.79 Å². The molecular formula is C9H12O3. The predicted molar refractivity (Wildman–Crippen MR) is 46.2 cm³/mol. The van der Waals surface area contributed by atoms with Gasteiger partial charge in [0.25, 0.3) is 0 Å². The number of aliphatic hydroxyl groups excluding tert-OH is 1. The molecule has 66 valence electrons. The average Bonchev–Trinajstić information content (AvgIpc) is 2.06. The van der Waals surface area contributed by atoms with Crippen LogP contribution in [0.5, 0.6) is 0 Å². The van der Waals surface area contributed by atoms with E-state index in [0.717, 1.165) is 6.08 Å². The molecule has 0 saturated carbocycles. The van der Waals surface area contributed by atoms with Gasteiger partial charge in [0.05, 0.1) is 5.57 Å². The summed E-state index contributed by atoms with van der Waals surface area (Å²) in [6.07, 6.45) is 2.77. The summed E-state index contributed by atoms with van der Waals surface area (Å²) in [5.74, 6) is -0.611. The molecule has 0 saturated heterocycles. The molecule has 0 aliphatic heterocycles. The van der Waals surface area contributed by atoms with E-state index in [0.29, 0.717) is 5.57 Å². The predicted octanol–water partition coefficient (Wildman–Crippen LogP) is 1.17. The number of ether oxygens (including phenoxy) is 1. The molecule has 0 aliphatic carbocycles. The second-order valence-electron chi connectivity index (χ2n) is 1.98. The molecule has 1 N–H and O–H groups in total. The molecule has 1 unspecified atom stereocenters. The third-order valence-electron chi connectivity index (χ3n) is 1.20. The summed E-state index contributed by atoms with van der Waals surface area (Å²) < 4.78 is 4.50. The van der Waals surface area contributed by atoms with Crippen LogP contribution in [0.4, 0.5) is 0 Å². The van der Waals surface area contributed by atoms with Gasteiger partial charge < -0.3 is 9.84 Å². The number of carbonyl (C=O) groups is 1. The smallest absolute Gasteiger partial charge is 0.340 e. The van der Waals surface area contributed by atoms with Crippen LogP contribution in [-0.4, -0.2) is 17.4 Å². The van der Waals surface area contributed by atoms with E-state index >= 15 is 0 Å². The number of hydrogen-bond donors (Lipinski definition) is 1. The fraction of sp³-hybridized carbons (Fsp3) is 0.222. The second-order valence-corrected chi connectivity index (χ2v) is 1.98. The summed E-state index contributed by atoms with van der Waals surface area (Å²) in [5, 5.41) is 8.85. The van der Waals surface area contributed by atoms with Crippen molar-refractivity contribution in [3.8, 4) is 0 Å². The molecule has 3 nitrogen and oxygen atoms in total. The molecule has 0 aromatic rings. The Kier molecular flexibility index (Phi) is 4.72. The molecule has 3 heteroatoms. The van der Waals surface area contributed by atoms with Crippen LogP contribution >= 0.6 is 0 Å². The van der Waals surface area contributed by atoms with Crippen LogP contribution in [0.2, 0.25) is 0 Å². The fourth-order valence-electron chi connectivity index (χ4n) is 0.545. The van der Waals surface area contributed by atoms with Crippen molar-refractivity contribution in [3.05, 3.63) is 37.0 Å². The molecule has 0 spiro atoms. The zero-order chi connectivity index (χ0) is 9.56. The first-order valence-electron chi connectivity index (χ1n) is 3.46. The third kappa shape index (κ3) is 3.16. The van der Waals surface area contributed by atoms with Gasteiger partial charge >= 0.3 is 5.97 Å². The van der Waals surface area contributed by atoms with Crippen LogP contribution in [0, 0.1) is 0 Å². The van der Waals surface area contributed by atoms with Crippen LogP contribution < -0.4 is 0 Å². The summed E-state index contributed by atoms with van der Waals surface area (Å²) in [4.78, 5) is 11.0. The first-order chi connectivity index (χ1) is 5.65.